The molecule has 0 radical (unpaired) electrons. The molecule has 204 valence electrons. The van der Waals surface area contributed by atoms with Crippen LogP contribution in [-0.2, 0) is 0 Å². The van der Waals surface area contributed by atoms with Gasteiger partial charge in [-0.05, 0) is 46.6 Å². The zero-order chi connectivity index (χ0) is 28.0. The molecular weight excluding hydrogens is 512 g/mol. The Labute approximate surface area is 229 Å². The number of carboxylic acids is 1. The summed E-state index contributed by atoms with van der Waals surface area (Å²) < 4.78 is 19.2. The lowest BCUT2D eigenvalue weighted by Gasteiger charge is -2.15. The SMILES string of the molecule is CCOc1cc(C(=O)O)nc(OCC)c1-c1cn(-c2cnc(C3CC3)nc2)c2ncc(-c3c(C)noc3C)cc12. The first kappa shape index (κ1) is 25.5. The average molecular weight is 541 g/mol. The molecular formula is C29H28N6O5. The normalized spacial score (nSPS) is 13.1. The van der Waals surface area contributed by atoms with E-state index in [-0.39, 0.29) is 18.2 Å². The Hall–Kier alpha value is -4.80. The molecule has 40 heavy (non-hydrogen) atoms. The maximum Gasteiger partial charge on any atom is 0.354 e. The van der Waals surface area contributed by atoms with Crippen molar-refractivity contribution in [2.75, 3.05) is 13.2 Å². The van der Waals surface area contributed by atoms with E-state index in [1.54, 1.807) is 18.6 Å². The summed E-state index contributed by atoms with van der Waals surface area (Å²) in [5.41, 5.74) is 4.90. The first-order chi connectivity index (χ1) is 19.4. The van der Waals surface area contributed by atoms with E-state index in [1.165, 1.54) is 6.07 Å². The number of nitrogens with zero attached hydrogens (tertiary/aromatic N) is 6. The highest BCUT2D eigenvalue weighted by molar-refractivity contribution is 6.00. The van der Waals surface area contributed by atoms with Crippen LogP contribution in [0.25, 0.3) is 39.0 Å². The van der Waals surface area contributed by atoms with Crippen LogP contribution in [0.2, 0.25) is 0 Å². The average Bonchev–Trinajstić information content (AvgIpc) is 3.66. The van der Waals surface area contributed by atoms with Crippen molar-refractivity contribution in [3.63, 3.8) is 0 Å². The number of carboxylic acid groups (broad SMARTS) is 1. The van der Waals surface area contributed by atoms with Crippen LogP contribution in [0.1, 0.15) is 60.4 Å². The molecule has 0 aromatic carbocycles. The minimum absolute atomic E-state index is 0.160. The number of fused-ring (bicyclic) bond motifs is 1. The number of aromatic nitrogens is 6. The number of carbonyl (C=O) groups is 1. The number of ether oxygens (including phenoxy) is 2. The van der Waals surface area contributed by atoms with Crippen LogP contribution in [0.5, 0.6) is 11.6 Å². The highest BCUT2D eigenvalue weighted by atomic mass is 16.5. The van der Waals surface area contributed by atoms with Crippen LogP contribution in [0.3, 0.4) is 0 Å². The summed E-state index contributed by atoms with van der Waals surface area (Å²) in [5, 5.41) is 14.6. The molecule has 11 nitrogen and oxygen atoms in total. The molecule has 1 fully saturated rings. The number of pyridine rings is 2. The Morgan fingerprint density at radius 1 is 1.05 bits per heavy atom. The lowest BCUT2D eigenvalue weighted by Crippen LogP contribution is -2.07. The molecule has 0 aliphatic heterocycles. The molecule has 5 aromatic rings. The Bertz CT molecular complexity index is 1690. The van der Waals surface area contributed by atoms with Gasteiger partial charge in [0.25, 0.3) is 0 Å². The second kappa shape index (κ2) is 10.1. The largest absolute Gasteiger partial charge is 0.493 e. The lowest BCUT2D eigenvalue weighted by atomic mass is 10.0. The van der Waals surface area contributed by atoms with E-state index in [0.29, 0.717) is 40.8 Å². The fourth-order valence-corrected chi connectivity index (χ4v) is 4.91. The van der Waals surface area contributed by atoms with Gasteiger partial charge < -0.3 is 19.1 Å². The third-order valence-electron chi connectivity index (χ3n) is 6.86. The lowest BCUT2D eigenvalue weighted by molar-refractivity contribution is 0.0688. The monoisotopic (exact) mass is 540 g/mol. The van der Waals surface area contributed by atoms with Gasteiger partial charge in [0.2, 0.25) is 5.88 Å². The second-order valence-electron chi connectivity index (χ2n) is 9.64. The Morgan fingerprint density at radius 3 is 2.42 bits per heavy atom. The summed E-state index contributed by atoms with van der Waals surface area (Å²) >= 11 is 0. The van der Waals surface area contributed by atoms with E-state index in [1.807, 2.05) is 44.5 Å². The van der Waals surface area contributed by atoms with Crippen LogP contribution in [0.15, 0.2) is 41.4 Å². The van der Waals surface area contributed by atoms with Crippen molar-refractivity contribution >= 4 is 17.0 Å². The van der Waals surface area contributed by atoms with E-state index >= 15 is 0 Å². The molecule has 1 saturated carbocycles. The van der Waals surface area contributed by atoms with Crippen LogP contribution in [-0.4, -0.2) is 53.9 Å². The zero-order valence-corrected chi connectivity index (χ0v) is 22.6. The number of aryl methyl sites for hydroxylation is 2. The highest BCUT2D eigenvalue weighted by Crippen LogP contribution is 2.44. The van der Waals surface area contributed by atoms with Crippen LogP contribution < -0.4 is 9.47 Å². The zero-order valence-electron chi connectivity index (χ0n) is 22.6. The molecule has 5 heterocycles. The van der Waals surface area contributed by atoms with Gasteiger partial charge in [0, 0.05) is 46.5 Å². The van der Waals surface area contributed by atoms with Gasteiger partial charge in [-0.3, -0.25) is 4.57 Å². The van der Waals surface area contributed by atoms with Gasteiger partial charge in [-0.25, -0.2) is 24.7 Å². The molecule has 1 N–H and O–H groups in total. The third-order valence-corrected chi connectivity index (χ3v) is 6.86. The van der Waals surface area contributed by atoms with Crippen molar-refractivity contribution in [1.29, 1.82) is 0 Å². The molecule has 0 saturated heterocycles. The fourth-order valence-electron chi connectivity index (χ4n) is 4.91. The van der Waals surface area contributed by atoms with Crippen LogP contribution in [0, 0.1) is 13.8 Å². The Morgan fingerprint density at radius 2 is 1.80 bits per heavy atom. The molecule has 0 atom stereocenters. The summed E-state index contributed by atoms with van der Waals surface area (Å²) in [4.78, 5) is 30.3. The molecule has 0 unspecified atom stereocenters. The Balaban J connectivity index is 1.63. The summed E-state index contributed by atoms with van der Waals surface area (Å²) in [5.74, 6) is 1.30. The standard InChI is InChI=1S/C29H28N6O5/c1-5-38-23-10-22(29(36)37)33-28(39-6-2)25(23)21-14-35(19-12-30-26(31-13-19)17-7-8-17)27-20(21)9-18(11-32-27)24-15(3)34-40-16(24)4/h9-14,17H,5-8H2,1-4H3,(H,36,37). The smallest absolute Gasteiger partial charge is 0.354 e. The molecule has 0 bridgehead atoms. The predicted molar refractivity (Wildman–Crippen MR) is 146 cm³/mol. The maximum absolute atomic E-state index is 11.9. The summed E-state index contributed by atoms with van der Waals surface area (Å²) in [6.07, 6.45) is 9.52. The number of hydrogen-bond acceptors (Lipinski definition) is 9. The number of rotatable bonds is 9. The third kappa shape index (κ3) is 4.42. The van der Waals surface area contributed by atoms with E-state index in [0.717, 1.165) is 46.6 Å². The number of aromatic carboxylic acids is 1. The first-order valence-corrected chi connectivity index (χ1v) is 13.2. The van der Waals surface area contributed by atoms with Crippen LogP contribution in [0.4, 0.5) is 0 Å². The molecule has 11 heteroatoms. The van der Waals surface area contributed by atoms with Crippen molar-refractivity contribution in [3.05, 3.63) is 59.9 Å². The minimum Gasteiger partial charge on any atom is -0.493 e. The van der Waals surface area contributed by atoms with Gasteiger partial charge in [0.05, 0.1) is 42.6 Å². The van der Waals surface area contributed by atoms with E-state index in [2.05, 4.69) is 20.1 Å². The van der Waals surface area contributed by atoms with Gasteiger partial charge in [0.1, 0.15) is 23.0 Å². The van der Waals surface area contributed by atoms with Crippen molar-refractivity contribution in [2.24, 2.45) is 0 Å². The molecule has 5 aromatic heterocycles. The molecule has 0 amide bonds. The molecule has 1 aliphatic rings. The number of hydrogen-bond donors (Lipinski definition) is 1. The van der Waals surface area contributed by atoms with Crippen molar-refractivity contribution in [1.82, 2.24) is 29.7 Å². The second-order valence-corrected chi connectivity index (χ2v) is 9.64. The van der Waals surface area contributed by atoms with Crippen molar-refractivity contribution in [3.8, 4) is 39.6 Å². The van der Waals surface area contributed by atoms with E-state index in [9.17, 15) is 9.90 Å². The van der Waals surface area contributed by atoms with Crippen molar-refractivity contribution < 1.29 is 23.9 Å². The molecule has 6 rings (SSSR count). The van der Waals surface area contributed by atoms with Gasteiger partial charge >= 0.3 is 5.97 Å². The minimum atomic E-state index is -1.17. The Kier molecular flexibility index (Phi) is 6.41. The maximum atomic E-state index is 11.9. The van der Waals surface area contributed by atoms with Crippen molar-refractivity contribution in [2.45, 2.75) is 46.5 Å². The summed E-state index contributed by atoms with van der Waals surface area (Å²) in [6, 6.07) is 3.43. The quantitative estimate of drug-likeness (QED) is 0.254. The van der Waals surface area contributed by atoms with Gasteiger partial charge in [-0.15, -0.1) is 0 Å². The summed E-state index contributed by atoms with van der Waals surface area (Å²) in [7, 11) is 0. The van der Waals surface area contributed by atoms with Crippen LogP contribution >= 0.6 is 0 Å². The topological polar surface area (TPSA) is 138 Å². The molecule has 0 spiro atoms. The van der Waals surface area contributed by atoms with Gasteiger partial charge in [-0.2, -0.15) is 0 Å². The summed E-state index contributed by atoms with van der Waals surface area (Å²) in [6.45, 7) is 8.00. The van der Waals surface area contributed by atoms with E-state index < -0.39 is 5.97 Å². The van der Waals surface area contributed by atoms with Gasteiger partial charge in [0.15, 0.2) is 5.69 Å². The highest BCUT2D eigenvalue weighted by Gasteiger charge is 2.28. The van der Waals surface area contributed by atoms with E-state index in [4.69, 9.17) is 19.0 Å². The predicted octanol–water partition coefficient (Wildman–Crippen LogP) is 5.52. The molecule has 1 aliphatic carbocycles. The fraction of sp³-hybridized carbons (Fsp3) is 0.310. The van der Waals surface area contributed by atoms with Gasteiger partial charge in [-0.1, -0.05) is 5.16 Å². The first-order valence-electron chi connectivity index (χ1n) is 13.2.